The van der Waals surface area contributed by atoms with Crippen LogP contribution in [0.4, 0.5) is 9.59 Å². The van der Waals surface area contributed by atoms with Gasteiger partial charge < -0.3 is 20.2 Å². The fourth-order valence-corrected chi connectivity index (χ4v) is 5.94. The van der Waals surface area contributed by atoms with Crippen LogP contribution in [-0.4, -0.2) is 69.0 Å². The van der Waals surface area contributed by atoms with Crippen LogP contribution in [-0.2, 0) is 28.8 Å². The van der Waals surface area contributed by atoms with Crippen LogP contribution in [0.15, 0.2) is 66.7 Å². The topological polar surface area (TPSA) is 167 Å². The molecule has 3 aromatic carbocycles. The van der Waals surface area contributed by atoms with Crippen molar-refractivity contribution in [1.29, 1.82) is 5.41 Å². The number of hydrogen-bond acceptors (Lipinski definition) is 8. The number of hydrazine groups is 1. The number of fused-ring (bicyclic) bond motifs is 1. The normalized spacial score (nSPS) is 17.1. The van der Waals surface area contributed by atoms with Gasteiger partial charge in [0.05, 0.1) is 11.0 Å². The first-order valence-corrected chi connectivity index (χ1v) is 15.0. The second-order valence-corrected chi connectivity index (χ2v) is 11.4. The molecule has 240 valence electrons. The SMILES string of the molecule is Cc1nc2c(CCc3ccc(C(=N)N)cc3)c(OC(=O)NN3CCC(N4C(=O)OC(Cc5ccccc5)C4=O)CC3)ccc2[nH]1.Cl. The van der Waals surface area contributed by atoms with Gasteiger partial charge in [-0.3, -0.25) is 15.6 Å². The van der Waals surface area contributed by atoms with Crippen molar-refractivity contribution in [3.05, 3.63) is 94.8 Å². The van der Waals surface area contributed by atoms with E-state index in [4.69, 9.17) is 20.6 Å². The fraction of sp³-hybridized carbons (Fsp3) is 0.303. The van der Waals surface area contributed by atoms with Gasteiger partial charge in [0.15, 0.2) is 6.10 Å². The molecule has 46 heavy (non-hydrogen) atoms. The number of nitrogen functional groups attached to an aromatic ring is 1. The lowest BCUT2D eigenvalue weighted by Crippen LogP contribution is -2.53. The number of piperidine rings is 1. The number of hydrogen-bond donors (Lipinski definition) is 4. The average Bonchev–Trinajstić information content (AvgIpc) is 3.54. The maximum atomic E-state index is 13.1. The summed E-state index contributed by atoms with van der Waals surface area (Å²) in [7, 11) is 0. The number of nitrogens with one attached hydrogen (secondary N) is 3. The molecule has 2 aliphatic rings. The van der Waals surface area contributed by atoms with Crippen molar-refractivity contribution in [2.45, 2.75) is 51.2 Å². The molecule has 2 saturated heterocycles. The highest BCUT2D eigenvalue weighted by Gasteiger charge is 2.45. The first-order valence-electron chi connectivity index (χ1n) is 15.0. The van der Waals surface area contributed by atoms with Gasteiger partial charge in [-0.25, -0.2) is 24.5 Å². The number of amides is 3. The van der Waals surface area contributed by atoms with Crippen LogP contribution in [0, 0.1) is 12.3 Å². The summed E-state index contributed by atoms with van der Waals surface area (Å²) < 4.78 is 11.2. The highest BCUT2D eigenvalue weighted by Crippen LogP contribution is 2.29. The van der Waals surface area contributed by atoms with Gasteiger partial charge in [0, 0.05) is 36.7 Å². The lowest BCUT2D eigenvalue weighted by atomic mass is 10.0. The molecule has 13 heteroatoms. The zero-order valence-corrected chi connectivity index (χ0v) is 26.1. The molecule has 3 heterocycles. The molecular weight excluding hydrogens is 610 g/mol. The molecule has 5 N–H and O–H groups in total. The molecule has 0 aliphatic carbocycles. The summed E-state index contributed by atoms with van der Waals surface area (Å²) in [5.41, 5.74) is 13.4. The van der Waals surface area contributed by atoms with E-state index in [0.29, 0.717) is 56.5 Å². The van der Waals surface area contributed by atoms with Crippen molar-refractivity contribution in [1.82, 2.24) is 25.3 Å². The number of imidazole rings is 1. The van der Waals surface area contributed by atoms with Gasteiger partial charge in [-0.2, -0.15) is 0 Å². The highest BCUT2D eigenvalue weighted by atomic mass is 35.5. The Morgan fingerprint density at radius 3 is 2.46 bits per heavy atom. The zero-order chi connectivity index (χ0) is 31.5. The highest BCUT2D eigenvalue weighted by molar-refractivity contribution is 6.00. The van der Waals surface area contributed by atoms with Crippen molar-refractivity contribution in [2.24, 2.45) is 5.73 Å². The number of carbonyl (C=O) groups is 3. The molecule has 1 atom stereocenters. The van der Waals surface area contributed by atoms with Gasteiger partial charge in [-0.15, -0.1) is 12.4 Å². The summed E-state index contributed by atoms with van der Waals surface area (Å²) in [5.74, 6) is 0.870. The minimum atomic E-state index is -0.823. The van der Waals surface area contributed by atoms with Gasteiger partial charge in [-0.05, 0) is 55.9 Å². The second-order valence-electron chi connectivity index (χ2n) is 11.4. The smallest absolute Gasteiger partial charge is 0.427 e. The van der Waals surface area contributed by atoms with E-state index >= 15 is 0 Å². The Kier molecular flexibility index (Phi) is 9.88. The minimum Gasteiger partial charge on any atom is -0.435 e. The van der Waals surface area contributed by atoms with Crippen molar-refractivity contribution < 1.29 is 23.9 Å². The van der Waals surface area contributed by atoms with E-state index in [1.54, 1.807) is 11.1 Å². The molecule has 2 aliphatic heterocycles. The Morgan fingerprint density at radius 1 is 1.04 bits per heavy atom. The van der Waals surface area contributed by atoms with Crippen LogP contribution in [0.3, 0.4) is 0 Å². The molecule has 0 bridgehead atoms. The number of amidine groups is 1. The molecular formula is C33H36ClN7O5. The van der Waals surface area contributed by atoms with Gasteiger partial charge in [0.25, 0.3) is 5.91 Å². The van der Waals surface area contributed by atoms with Crippen molar-refractivity contribution in [3.8, 4) is 5.75 Å². The van der Waals surface area contributed by atoms with E-state index in [9.17, 15) is 14.4 Å². The standard InChI is InChI=1S/C33H35N7O5.ClH/c1-20-36-26-13-14-27(25(29(26)37-20)12-9-21-7-10-23(11-8-21)30(34)35)44-32(42)38-39-17-15-24(16-18-39)40-31(41)28(45-33(40)43)19-22-5-3-2-4-6-22;/h2-8,10-11,13-14,24,28H,9,12,15-19H2,1H3,(H3,34,35)(H,36,37)(H,38,42);1H. The Morgan fingerprint density at radius 2 is 1.76 bits per heavy atom. The Hall–Kier alpha value is -4.94. The van der Waals surface area contributed by atoms with E-state index in [-0.39, 0.29) is 30.2 Å². The van der Waals surface area contributed by atoms with Crippen molar-refractivity contribution in [3.63, 3.8) is 0 Å². The van der Waals surface area contributed by atoms with Crippen LogP contribution in [0.25, 0.3) is 11.0 Å². The van der Waals surface area contributed by atoms with Crippen molar-refractivity contribution in [2.75, 3.05) is 13.1 Å². The Balaban J connectivity index is 0.00000417. The summed E-state index contributed by atoms with van der Waals surface area (Å²) >= 11 is 0. The summed E-state index contributed by atoms with van der Waals surface area (Å²) in [5, 5.41) is 9.34. The quantitative estimate of drug-likeness (QED) is 0.153. The number of nitrogens with two attached hydrogens (primary N) is 1. The number of nitrogens with zero attached hydrogens (tertiary/aromatic N) is 3. The first kappa shape index (κ1) is 32.5. The predicted molar refractivity (Wildman–Crippen MR) is 174 cm³/mol. The third-order valence-electron chi connectivity index (χ3n) is 8.26. The molecule has 0 radical (unpaired) electrons. The van der Waals surface area contributed by atoms with Crippen LogP contribution in [0.1, 0.15) is 40.9 Å². The number of aromatic nitrogens is 2. The van der Waals surface area contributed by atoms with Gasteiger partial charge in [0.1, 0.15) is 17.4 Å². The van der Waals surface area contributed by atoms with Crippen molar-refractivity contribution >= 4 is 47.4 Å². The van der Waals surface area contributed by atoms with Gasteiger partial charge in [0.2, 0.25) is 0 Å². The van der Waals surface area contributed by atoms with E-state index in [1.165, 1.54) is 4.90 Å². The molecule has 0 spiro atoms. The van der Waals surface area contributed by atoms with E-state index in [1.807, 2.05) is 67.6 Å². The number of halogens is 1. The van der Waals surface area contributed by atoms with E-state index < -0.39 is 18.3 Å². The molecule has 2 fully saturated rings. The molecule has 4 aromatic rings. The van der Waals surface area contributed by atoms with Crippen LogP contribution in [0.5, 0.6) is 5.75 Å². The largest absolute Gasteiger partial charge is 0.435 e. The van der Waals surface area contributed by atoms with E-state index in [0.717, 1.165) is 33.5 Å². The number of aromatic amines is 1. The number of imide groups is 1. The summed E-state index contributed by atoms with van der Waals surface area (Å²) in [4.78, 5) is 47.8. The third kappa shape index (κ3) is 7.13. The maximum absolute atomic E-state index is 13.1. The number of ether oxygens (including phenoxy) is 2. The lowest BCUT2D eigenvalue weighted by Gasteiger charge is -2.34. The molecule has 0 saturated carbocycles. The molecule has 1 aromatic heterocycles. The predicted octanol–water partition coefficient (Wildman–Crippen LogP) is 4.42. The first-order chi connectivity index (χ1) is 21.7. The average molecular weight is 646 g/mol. The monoisotopic (exact) mass is 645 g/mol. The number of H-pyrrole nitrogens is 1. The minimum absolute atomic E-state index is 0. The number of carbonyl (C=O) groups excluding carboxylic acids is 3. The number of cyclic esters (lactones) is 1. The zero-order valence-electron chi connectivity index (χ0n) is 25.3. The molecule has 12 nitrogen and oxygen atoms in total. The summed E-state index contributed by atoms with van der Waals surface area (Å²) in [6.45, 7) is 2.74. The van der Waals surface area contributed by atoms with E-state index in [2.05, 4.69) is 15.4 Å². The molecule has 6 rings (SSSR count). The maximum Gasteiger partial charge on any atom is 0.427 e. The lowest BCUT2D eigenvalue weighted by molar-refractivity contribution is -0.131. The fourth-order valence-electron chi connectivity index (χ4n) is 5.94. The van der Waals surface area contributed by atoms with Gasteiger partial charge >= 0.3 is 12.2 Å². The number of aryl methyl sites for hydroxylation is 3. The third-order valence-corrected chi connectivity index (χ3v) is 8.26. The number of benzene rings is 3. The van der Waals surface area contributed by atoms with Crippen LogP contribution >= 0.6 is 12.4 Å². The molecule has 3 amide bonds. The molecule has 1 unspecified atom stereocenters. The Labute approximate surface area is 272 Å². The number of rotatable bonds is 9. The Bertz CT molecular complexity index is 1740. The van der Waals surface area contributed by atoms with Crippen LogP contribution in [0.2, 0.25) is 0 Å². The summed E-state index contributed by atoms with van der Waals surface area (Å²) in [6.07, 6.45) is 0.488. The second kappa shape index (κ2) is 14.0. The van der Waals surface area contributed by atoms with Gasteiger partial charge in [-0.1, -0.05) is 54.6 Å². The van der Waals surface area contributed by atoms with Crippen LogP contribution < -0.4 is 15.9 Å². The summed E-state index contributed by atoms with van der Waals surface area (Å²) in [6, 6.07) is 20.3.